The van der Waals surface area contributed by atoms with Gasteiger partial charge in [-0.25, -0.2) is 0 Å². The second-order valence-electron chi connectivity index (χ2n) is 19.7. The molecule has 0 N–H and O–H groups in total. The van der Waals surface area contributed by atoms with Crippen molar-refractivity contribution in [3.05, 3.63) is 57.6 Å². The van der Waals surface area contributed by atoms with E-state index in [0.717, 1.165) is 23.5 Å². The SMILES string of the molecule is CC(C)(C)c1cc(P(Cl)Cl)c(C(C)(C)CCCCCCCCC(C)(C)c2c(P(Cl)Cl)cc(C(C)(C)C)cc2C(C)(C)C)c(C(C)(C)C)c1. The standard InChI is InChI=1S/C42H68Cl4P2/c1-37(2,3)29-25-31(39(7,8)9)35(33(27-29)47(43)44)41(13,14)23-21-19-17-18-20-22-24-42(15,16)36-32(40(10,11)12)26-30(38(4,5)6)28-34(36)48(45)46/h25-28H,17-24H2,1-16H3. The van der Waals surface area contributed by atoms with Crippen LogP contribution in [0.5, 0.6) is 0 Å². The van der Waals surface area contributed by atoms with E-state index in [1.807, 2.05) is 0 Å². The van der Waals surface area contributed by atoms with Gasteiger partial charge in [0.05, 0.1) is 0 Å². The Morgan fingerprint density at radius 2 is 0.667 bits per heavy atom. The average molecular weight is 777 g/mol. The molecule has 0 fully saturated rings. The molecular formula is C42H68Cl4P2. The lowest BCUT2D eigenvalue weighted by Crippen LogP contribution is -2.32. The van der Waals surface area contributed by atoms with E-state index >= 15 is 0 Å². The molecule has 274 valence electrons. The molecule has 0 saturated carbocycles. The Labute approximate surface area is 319 Å². The minimum atomic E-state index is -1.25. The highest BCUT2D eigenvalue weighted by Crippen LogP contribution is 2.52. The van der Waals surface area contributed by atoms with E-state index in [1.54, 1.807) is 0 Å². The fraction of sp³-hybridized carbons (Fsp3) is 0.714. The van der Waals surface area contributed by atoms with Gasteiger partial charge in [0, 0.05) is 10.6 Å². The summed E-state index contributed by atoms with van der Waals surface area (Å²) in [5, 5.41) is 2.31. The van der Waals surface area contributed by atoms with Crippen molar-refractivity contribution in [3.8, 4) is 0 Å². The number of hydrogen-bond acceptors (Lipinski definition) is 0. The monoisotopic (exact) mass is 774 g/mol. The van der Waals surface area contributed by atoms with Gasteiger partial charge in [-0.3, -0.25) is 0 Å². The molecule has 48 heavy (non-hydrogen) atoms. The van der Waals surface area contributed by atoms with Crippen molar-refractivity contribution in [1.82, 2.24) is 0 Å². The van der Waals surface area contributed by atoms with Crippen LogP contribution < -0.4 is 10.6 Å². The minimum absolute atomic E-state index is 0.00198. The molecule has 0 unspecified atom stereocenters. The first kappa shape index (κ1) is 44.6. The topological polar surface area (TPSA) is 0 Å². The van der Waals surface area contributed by atoms with Crippen LogP contribution in [0, 0.1) is 0 Å². The summed E-state index contributed by atoms with van der Waals surface area (Å²) in [5.74, 6) is 0. The van der Waals surface area contributed by atoms with Crippen LogP contribution in [0.1, 0.15) is 196 Å². The Bertz CT molecular complexity index is 1250. The first-order chi connectivity index (χ1) is 21.5. The Balaban J connectivity index is 2.12. The highest BCUT2D eigenvalue weighted by Gasteiger charge is 2.36. The molecule has 0 bridgehead atoms. The summed E-state index contributed by atoms with van der Waals surface area (Å²) in [6.07, 6.45) is 9.71. The molecule has 6 heteroatoms. The van der Waals surface area contributed by atoms with Gasteiger partial charge in [-0.15, -0.1) is 0 Å². The van der Waals surface area contributed by atoms with Crippen LogP contribution >= 0.6 is 58.2 Å². The maximum absolute atomic E-state index is 6.76. The zero-order valence-corrected chi connectivity index (χ0v) is 38.2. The average Bonchev–Trinajstić information content (AvgIpc) is 2.90. The molecular weight excluding hydrogens is 708 g/mol. The van der Waals surface area contributed by atoms with Crippen LogP contribution in [-0.2, 0) is 32.5 Å². The van der Waals surface area contributed by atoms with Crippen LogP contribution in [0.3, 0.4) is 0 Å². The number of benzene rings is 2. The number of rotatable bonds is 13. The fourth-order valence-corrected chi connectivity index (χ4v) is 10.3. The molecule has 0 radical (unpaired) electrons. The van der Waals surface area contributed by atoms with E-state index in [-0.39, 0.29) is 32.5 Å². The van der Waals surface area contributed by atoms with E-state index in [2.05, 4.69) is 135 Å². The molecule has 0 spiro atoms. The summed E-state index contributed by atoms with van der Waals surface area (Å²) in [6.45, 7) is 34.6. The lowest BCUT2D eigenvalue weighted by molar-refractivity contribution is 0.418. The van der Waals surface area contributed by atoms with Gasteiger partial charge < -0.3 is 0 Å². The predicted octanol–water partition coefficient (Wildman–Crippen LogP) is 16.1. The summed E-state index contributed by atoms with van der Waals surface area (Å²) in [5.41, 5.74) is 8.27. The summed E-state index contributed by atoms with van der Waals surface area (Å²) >= 11 is 27.0. The van der Waals surface area contributed by atoms with E-state index in [4.69, 9.17) is 45.0 Å². The van der Waals surface area contributed by atoms with Gasteiger partial charge in [0.25, 0.3) is 0 Å². The molecule has 0 amide bonds. The second-order valence-corrected chi connectivity index (χ2v) is 26.7. The summed E-state index contributed by atoms with van der Waals surface area (Å²) in [6, 6.07) is 9.46. The first-order valence-electron chi connectivity index (χ1n) is 18.1. The van der Waals surface area contributed by atoms with Gasteiger partial charge in [-0.2, -0.15) is 0 Å². The third-order valence-electron chi connectivity index (χ3n) is 10.2. The summed E-state index contributed by atoms with van der Waals surface area (Å²) < 4.78 is 0. The largest absolute Gasteiger partial charge is 0.117 e. The zero-order chi connectivity index (χ0) is 37.3. The first-order valence-corrected chi connectivity index (χ1v) is 24.4. The summed E-state index contributed by atoms with van der Waals surface area (Å²) in [7, 11) is 0. The predicted molar refractivity (Wildman–Crippen MR) is 227 cm³/mol. The van der Waals surface area contributed by atoms with E-state index < -0.39 is 13.3 Å². The van der Waals surface area contributed by atoms with Gasteiger partial charge in [-0.1, -0.05) is 206 Å². The highest BCUT2D eigenvalue weighted by molar-refractivity contribution is 8.09. The van der Waals surface area contributed by atoms with Gasteiger partial charge in [0.1, 0.15) is 13.3 Å². The maximum atomic E-state index is 6.76. The lowest BCUT2D eigenvalue weighted by Gasteiger charge is -2.37. The maximum Gasteiger partial charge on any atom is 0.117 e. The molecule has 0 aromatic heterocycles. The Hall–Kier alpha value is 0.460. The van der Waals surface area contributed by atoms with E-state index in [1.165, 1.54) is 71.9 Å². The highest BCUT2D eigenvalue weighted by atomic mass is 35.9. The molecule has 0 saturated heterocycles. The minimum Gasteiger partial charge on any atom is -0.0727 e. The van der Waals surface area contributed by atoms with Crippen LogP contribution in [0.15, 0.2) is 24.3 Å². The molecule has 0 aliphatic carbocycles. The number of hydrogen-bond donors (Lipinski definition) is 0. The van der Waals surface area contributed by atoms with Gasteiger partial charge in [0.2, 0.25) is 0 Å². The second kappa shape index (κ2) is 16.6. The Morgan fingerprint density at radius 3 is 0.896 bits per heavy atom. The molecule has 0 nitrogen and oxygen atoms in total. The van der Waals surface area contributed by atoms with Gasteiger partial charge in [0.15, 0.2) is 0 Å². The molecule has 0 aliphatic rings. The quantitative estimate of drug-likeness (QED) is 0.140. The third kappa shape index (κ3) is 12.0. The van der Waals surface area contributed by atoms with Gasteiger partial charge >= 0.3 is 0 Å². The van der Waals surface area contributed by atoms with Crippen molar-refractivity contribution in [2.75, 3.05) is 0 Å². The number of unbranched alkanes of at least 4 members (excludes halogenated alkanes) is 5. The number of halogens is 4. The van der Waals surface area contributed by atoms with Crippen LogP contribution in [-0.4, -0.2) is 0 Å². The third-order valence-corrected chi connectivity index (χ3v) is 13.8. The van der Waals surface area contributed by atoms with Crippen molar-refractivity contribution in [3.63, 3.8) is 0 Å². The fourth-order valence-electron chi connectivity index (χ4n) is 7.08. The van der Waals surface area contributed by atoms with Crippen molar-refractivity contribution >= 4 is 68.8 Å². The normalized spacial score (nSPS) is 14.0. The Kier molecular flexibility index (Phi) is 15.5. The van der Waals surface area contributed by atoms with Crippen LogP contribution in [0.2, 0.25) is 0 Å². The Morgan fingerprint density at radius 1 is 0.396 bits per heavy atom. The molecule has 2 aromatic rings. The molecule has 0 atom stereocenters. The van der Waals surface area contributed by atoms with Crippen LogP contribution in [0.25, 0.3) is 0 Å². The molecule has 2 rings (SSSR count). The van der Waals surface area contributed by atoms with E-state index in [0.29, 0.717) is 0 Å². The van der Waals surface area contributed by atoms with Crippen molar-refractivity contribution < 1.29 is 0 Å². The van der Waals surface area contributed by atoms with Crippen molar-refractivity contribution in [2.24, 2.45) is 0 Å². The molecule has 2 aromatic carbocycles. The smallest absolute Gasteiger partial charge is 0.0727 e. The molecule has 0 aliphatic heterocycles. The van der Waals surface area contributed by atoms with E-state index in [9.17, 15) is 0 Å². The van der Waals surface area contributed by atoms with Crippen molar-refractivity contribution in [2.45, 2.75) is 195 Å². The lowest BCUT2D eigenvalue weighted by atomic mass is 9.70. The zero-order valence-electron chi connectivity index (χ0n) is 33.4. The van der Waals surface area contributed by atoms with Crippen molar-refractivity contribution in [1.29, 1.82) is 0 Å². The van der Waals surface area contributed by atoms with Gasteiger partial charge in [-0.05, 0) is 90.8 Å². The van der Waals surface area contributed by atoms with Crippen LogP contribution in [0.4, 0.5) is 0 Å². The molecule has 0 heterocycles. The summed E-state index contributed by atoms with van der Waals surface area (Å²) in [4.78, 5) is 0.